The van der Waals surface area contributed by atoms with Crippen LogP contribution in [-0.2, 0) is 0 Å². The molecule has 14 heavy (non-hydrogen) atoms. The van der Waals surface area contributed by atoms with E-state index < -0.39 is 0 Å². The van der Waals surface area contributed by atoms with Gasteiger partial charge in [0, 0.05) is 6.54 Å². The predicted octanol–water partition coefficient (Wildman–Crippen LogP) is 2.75. The Morgan fingerprint density at radius 1 is 1.64 bits per heavy atom. The highest BCUT2D eigenvalue weighted by atomic mass is 32.2. The Kier molecular flexibility index (Phi) is 4.11. The number of rotatable bonds is 4. The van der Waals surface area contributed by atoms with Crippen LogP contribution < -0.4 is 11.1 Å². The zero-order valence-corrected chi connectivity index (χ0v) is 9.89. The molecular formula is C9H13N3S2. The van der Waals surface area contributed by atoms with Gasteiger partial charge in [-0.05, 0) is 12.7 Å². The highest BCUT2D eigenvalue weighted by Crippen LogP contribution is 2.40. The number of nitrogens with zero attached hydrogens (tertiary/aromatic N) is 1. The summed E-state index contributed by atoms with van der Waals surface area (Å²) in [5, 5.41) is 13.1. The summed E-state index contributed by atoms with van der Waals surface area (Å²) in [7, 11) is 0. The van der Waals surface area contributed by atoms with Gasteiger partial charge in [0.25, 0.3) is 0 Å². The third kappa shape index (κ3) is 2.14. The quantitative estimate of drug-likeness (QED) is 0.776. The van der Waals surface area contributed by atoms with Crippen molar-refractivity contribution in [2.24, 2.45) is 0 Å². The molecule has 0 aliphatic rings. The van der Waals surface area contributed by atoms with Crippen molar-refractivity contribution in [3.8, 4) is 6.07 Å². The normalized spacial score (nSPS) is 9.79. The molecule has 0 aliphatic heterocycles. The molecule has 5 heteroatoms. The van der Waals surface area contributed by atoms with Gasteiger partial charge in [-0.1, -0.05) is 6.92 Å². The summed E-state index contributed by atoms with van der Waals surface area (Å²) in [5.41, 5.74) is 6.44. The number of anilines is 2. The first-order valence-electron chi connectivity index (χ1n) is 4.34. The molecule has 76 valence electrons. The number of thioether (sulfide) groups is 1. The van der Waals surface area contributed by atoms with Gasteiger partial charge in [0.1, 0.15) is 15.9 Å². The molecule has 1 rings (SSSR count). The van der Waals surface area contributed by atoms with E-state index in [0.717, 1.165) is 22.9 Å². The molecule has 0 unspecified atom stereocenters. The van der Waals surface area contributed by atoms with Crippen molar-refractivity contribution in [1.29, 1.82) is 5.26 Å². The van der Waals surface area contributed by atoms with Crippen molar-refractivity contribution in [3.05, 3.63) is 4.88 Å². The largest absolute Gasteiger partial charge is 0.396 e. The molecule has 3 N–H and O–H groups in total. The lowest BCUT2D eigenvalue weighted by atomic mass is 10.4. The topological polar surface area (TPSA) is 61.8 Å². The molecule has 1 aromatic rings. The Labute approximate surface area is 92.3 Å². The van der Waals surface area contributed by atoms with E-state index in [-0.39, 0.29) is 0 Å². The van der Waals surface area contributed by atoms with Gasteiger partial charge in [0.15, 0.2) is 0 Å². The highest BCUT2D eigenvalue weighted by Gasteiger charge is 2.14. The number of hydrogen-bond acceptors (Lipinski definition) is 5. The number of thiophene rings is 1. The molecule has 0 atom stereocenters. The number of nitrogens with one attached hydrogen (secondary N) is 1. The molecule has 0 aliphatic carbocycles. The maximum Gasteiger partial charge on any atom is 0.131 e. The second-order valence-electron chi connectivity index (χ2n) is 2.75. The molecule has 0 aromatic carbocycles. The van der Waals surface area contributed by atoms with Crippen LogP contribution in [0.1, 0.15) is 18.2 Å². The summed E-state index contributed by atoms with van der Waals surface area (Å²) in [4.78, 5) is 1.60. The van der Waals surface area contributed by atoms with Crippen LogP contribution in [0.3, 0.4) is 0 Å². The average molecular weight is 227 g/mol. The van der Waals surface area contributed by atoms with Gasteiger partial charge in [-0.25, -0.2) is 0 Å². The smallest absolute Gasteiger partial charge is 0.131 e. The van der Waals surface area contributed by atoms with Crippen LogP contribution in [0.5, 0.6) is 0 Å². The summed E-state index contributed by atoms with van der Waals surface area (Å²) in [6, 6.07) is 2.11. The van der Waals surface area contributed by atoms with Gasteiger partial charge in [-0.2, -0.15) is 5.26 Å². The second-order valence-corrected chi connectivity index (χ2v) is 4.58. The SMILES string of the molecule is CCCNc1sc(C#N)c(N)c1SC. The third-order valence-electron chi connectivity index (χ3n) is 1.74. The summed E-state index contributed by atoms with van der Waals surface area (Å²) in [6.07, 6.45) is 3.03. The van der Waals surface area contributed by atoms with Crippen LogP contribution in [0.15, 0.2) is 4.90 Å². The lowest BCUT2D eigenvalue weighted by Gasteiger charge is -2.03. The molecule has 0 bridgehead atoms. The molecule has 1 heterocycles. The van der Waals surface area contributed by atoms with Gasteiger partial charge in [-0.15, -0.1) is 23.1 Å². The zero-order valence-electron chi connectivity index (χ0n) is 8.26. The summed E-state index contributed by atoms with van der Waals surface area (Å²) in [6.45, 7) is 3.02. The molecule has 0 saturated heterocycles. The Hall–Kier alpha value is -0.860. The van der Waals surface area contributed by atoms with E-state index in [1.54, 1.807) is 11.8 Å². The number of hydrogen-bond donors (Lipinski definition) is 2. The highest BCUT2D eigenvalue weighted by molar-refractivity contribution is 7.99. The standard InChI is InChI=1S/C9H13N3S2/c1-3-4-12-9-8(13-2)7(11)6(5-10)14-9/h12H,3-4,11H2,1-2H3. The van der Waals surface area contributed by atoms with E-state index >= 15 is 0 Å². The zero-order chi connectivity index (χ0) is 10.6. The maximum atomic E-state index is 8.82. The molecule has 0 amide bonds. The number of nitriles is 1. The Bertz CT molecular complexity index is 352. The van der Waals surface area contributed by atoms with E-state index in [1.807, 2.05) is 6.26 Å². The summed E-state index contributed by atoms with van der Waals surface area (Å²) in [5.74, 6) is 0. The Morgan fingerprint density at radius 2 is 2.36 bits per heavy atom. The molecule has 0 spiro atoms. The lowest BCUT2D eigenvalue weighted by molar-refractivity contribution is 0.980. The van der Waals surface area contributed by atoms with Crippen molar-refractivity contribution in [1.82, 2.24) is 0 Å². The number of nitrogen functional groups attached to an aromatic ring is 1. The minimum Gasteiger partial charge on any atom is -0.396 e. The molecule has 0 radical (unpaired) electrons. The maximum absolute atomic E-state index is 8.82. The Balaban J connectivity index is 2.98. The first-order valence-corrected chi connectivity index (χ1v) is 6.38. The summed E-state index contributed by atoms with van der Waals surface area (Å²) >= 11 is 3.01. The van der Waals surface area contributed by atoms with Crippen LogP contribution >= 0.6 is 23.1 Å². The van der Waals surface area contributed by atoms with Crippen molar-refractivity contribution in [2.45, 2.75) is 18.2 Å². The fourth-order valence-corrected chi connectivity index (χ4v) is 2.93. The minimum atomic E-state index is 0.605. The fraction of sp³-hybridized carbons (Fsp3) is 0.444. The molecule has 0 saturated carbocycles. The van der Waals surface area contributed by atoms with Crippen LogP contribution in [-0.4, -0.2) is 12.8 Å². The van der Waals surface area contributed by atoms with Crippen molar-refractivity contribution in [2.75, 3.05) is 23.9 Å². The van der Waals surface area contributed by atoms with E-state index in [1.165, 1.54) is 11.3 Å². The fourth-order valence-electron chi connectivity index (χ4n) is 1.07. The van der Waals surface area contributed by atoms with Gasteiger partial charge < -0.3 is 11.1 Å². The average Bonchev–Trinajstić information content (AvgIpc) is 2.51. The van der Waals surface area contributed by atoms with Gasteiger partial charge in [0.2, 0.25) is 0 Å². The first-order chi connectivity index (χ1) is 6.74. The van der Waals surface area contributed by atoms with Crippen LogP contribution in [0, 0.1) is 11.3 Å². The van der Waals surface area contributed by atoms with Crippen molar-refractivity contribution >= 4 is 33.8 Å². The predicted molar refractivity (Wildman–Crippen MR) is 64.0 cm³/mol. The van der Waals surface area contributed by atoms with Crippen LogP contribution in [0.25, 0.3) is 0 Å². The van der Waals surface area contributed by atoms with E-state index in [9.17, 15) is 0 Å². The van der Waals surface area contributed by atoms with Gasteiger partial charge in [0.05, 0.1) is 10.6 Å². The van der Waals surface area contributed by atoms with E-state index in [0.29, 0.717) is 10.6 Å². The summed E-state index contributed by atoms with van der Waals surface area (Å²) < 4.78 is 0. The van der Waals surface area contributed by atoms with Gasteiger partial charge in [-0.3, -0.25) is 0 Å². The van der Waals surface area contributed by atoms with Gasteiger partial charge >= 0.3 is 0 Å². The van der Waals surface area contributed by atoms with Crippen molar-refractivity contribution < 1.29 is 0 Å². The van der Waals surface area contributed by atoms with Crippen LogP contribution in [0.4, 0.5) is 10.7 Å². The van der Waals surface area contributed by atoms with Crippen LogP contribution in [0.2, 0.25) is 0 Å². The first kappa shape index (κ1) is 11.2. The Morgan fingerprint density at radius 3 is 2.86 bits per heavy atom. The van der Waals surface area contributed by atoms with E-state index in [4.69, 9.17) is 11.0 Å². The molecule has 3 nitrogen and oxygen atoms in total. The number of nitrogens with two attached hydrogens (primary N) is 1. The molecular weight excluding hydrogens is 214 g/mol. The van der Waals surface area contributed by atoms with Crippen molar-refractivity contribution in [3.63, 3.8) is 0 Å². The van der Waals surface area contributed by atoms with E-state index in [2.05, 4.69) is 18.3 Å². The lowest BCUT2D eigenvalue weighted by Crippen LogP contribution is -1.98. The molecule has 0 fully saturated rings. The third-order valence-corrected chi connectivity index (χ3v) is 3.77. The molecule has 1 aromatic heterocycles. The minimum absolute atomic E-state index is 0.605. The second kappa shape index (κ2) is 5.13. The monoisotopic (exact) mass is 227 g/mol.